The first-order valence-corrected chi connectivity index (χ1v) is 4.05. The molecule has 0 bridgehead atoms. The number of hydrogen-bond acceptors (Lipinski definition) is 3. The first kappa shape index (κ1) is 7.18. The molecule has 1 heterocycles. The Kier molecular flexibility index (Phi) is 1.63. The van der Waals surface area contributed by atoms with Crippen LogP contribution < -0.4 is 0 Å². The van der Waals surface area contributed by atoms with Crippen LogP contribution in [0.4, 0.5) is 0 Å². The second-order valence-corrected chi connectivity index (χ2v) is 3.52. The van der Waals surface area contributed by atoms with E-state index in [2.05, 4.69) is 4.74 Å². The van der Waals surface area contributed by atoms with Crippen LogP contribution in [-0.4, -0.2) is 33.4 Å². The van der Waals surface area contributed by atoms with Crippen molar-refractivity contribution < 1.29 is 24.2 Å². The maximum atomic E-state index is 10.2. The number of ether oxygens (including phenoxy) is 1. The van der Waals surface area contributed by atoms with Crippen molar-refractivity contribution in [3.8, 4) is 0 Å². The molecule has 0 aliphatic carbocycles. The van der Waals surface area contributed by atoms with Crippen molar-refractivity contribution in [3.63, 3.8) is 0 Å². The average Bonchev–Trinajstić information content (AvgIpc) is 2.39. The van der Waals surface area contributed by atoms with E-state index in [1.54, 1.807) is 0 Å². The predicted octanol–water partition coefficient (Wildman–Crippen LogP) is -1.12. The van der Waals surface area contributed by atoms with Crippen molar-refractivity contribution in [2.75, 3.05) is 6.61 Å². The topological polar surface area (TPSA) is 90.3 Å². The van der Waals surface area contributed by atoms with Gasteiger partial charge in [-0.3, -0.25) is 4.57 Å². The smallest absolute Gasteiger partial charge is 0.356 e. The highest BCUT2D eigenvalue weighted by Gasteiger charge is 2.51. The normalized spacial score (nSPS) is 34.6. The van der Waals surface area contributed by atoms with Gasteiger partial charge in [-0.05, 0) is 0 Å². The summed E-state index contributed by atoms with van der Waals surface area (Å²) in [7, 11) is -4.08. The molecule has 0 aromatic heterocycles. The molecule has 6 heteroatoms. The van der Waals surface area contributed by atoms with Gasteiger partial charge in [-0.2, -0.15) is 0 Å². The number of epoxide rings is 1. The van der Waals surface area contributed by atoms with Crippen LogP contribution in [0.1, 0.15) is 0 Å². The molecule has 0 saturated carbocycles. The van der Waals surface area contributed by atoms with Crippen molar-refractivity contribution in [2.45, 2.75) is 11.9 Å². The molecule has 0 aromatic carbocycles. The lowest BCUT2D eigenvalue weighted by Gasteiger charge is -1.94. The summed E-state index contributed by atoms with van der Waals surface area (Å²) in [5, 5.41) is 8.27. The van der Waals surface area contributed by atoms with E-state index < -0.39 is 19.5 Å². The van der Waals surface area contributed by atoms with Gasteiger partial charge in [-0.25, -0.2) is 0 Å². The Morgan fingerprint density at radius 2 is 2.11 bits per heavy atom. The number of rotatable bonds is 2. The summed E-state index contributed by atoms with van der Waals surface area (Å²) >= 11 is 0. The number of aliphatic hydroxyl groups excluding tert-OH is 1. The van der Waals surface area contributed by atoms with E-state index in [1.165, 1.54) is 0 Å². The summed E-state index contributed by atoms with van der Waals surface area (Å²) in [6, 6.07) is 0. The molecule has 1 aliphatic heterocycles. The third-order valence-corrected chi connectivity index (χ3v) is 2.18. The van der Waals surface area contributed by atoms with Gasteiger partial charge in [0.2, 0.25) is 0 Å². The van der Waals surface area contributed by atoms with Crippen molar-refractivity contribution in [2.24, 2.45) is 0 Å². The molecule has 0 spiro atoms. The Labute approximate surface area is 51.4 Å². The predicted molar refractivity (Wildman–Crippen MR) is 27.8 cm³/mol. The summed E-state index contributed by atoms with van der Waals surface area (Å²) in [4.78, 5) is 16.7. The Morgan fingerprint density at radius 1 is 1.56 bits per heavy atom. The SMILES string of the molecule is O=P(O)(O)[C@H]1O[C@H]1CO. The molecule has 1 fully saturated rings. The monoisotopic (exact) mass is 154 g/mol. The molecule has 1 saturated heterocycles. The van der Waals surface area contributed by atoms with E-state index >= 15 is 0 Å². The standard InChI is InChI=1S/C3H7O5P/c4-1-2-3(8-2)9(5,6)7/h2-4H,1H2,(H2,5,6,7)/t2-,3+/m0/s1. The Balaban J connectivity index is 2.43. The van der Waals surface area contributed by atoms with Gasteiger partial charge < -0.3 is 19.6 Å². The minimum Gasteiger partial charge on any atom is -0.394 e. The molecule has 0 radical (unpaired) electrons. The Hall–Kier alpha value is 0.0700. The van der Waals surface area contributed by atoms with Gasteiger partial charge in [0.05, 0.1) is 6.61 Å². The van der Waals surface area contributed by atoms with Crippen LogP contribution in [0, 0.1) is 0 Å². The van der Waals surface area contributed by atoms with Gasteiger partial charge >= 0.3 is 7.60 Å². The summed E-state index contributed by atoms with van der Waals surface area (Å²) in [5.74, 6) is -1.05. The van der Waals surface area contributed by atoms with E-state index in [1.807, 2.05) is 0 Å². The summed E-state index contributed by atoms with van der Waals surface area (Å²) in [5.41, 5.74) is 0. The van der Waals surface area contributed by atoms with Crippen LogP contribution in [0.25, 0.3) is 0 Å². The van der Waals surface area contributed by atoms with E-state index in [0.717, 1.165) is 0 Å². The van der Waals surface area contributed by atoms with Crippen LogP contribution in [0.15, 0.2) is 0 Å². The van der Waals surface area contributed by atoms with Crippen molar-refractivity contribution in [1.82, 2.24) is 0 Å². The molecular formula is C3H7O5P. The maximum absolute atomic E-state index is 10.2. The lowest BCUT2D eigenvalue weighted by molar-refractivity contribution is 0.242. The largest absolute Gasteiger partial charge is 0.394 e. The molecular weight excluding hydrogens is 147 g/mol. The minimum absolute atomic E-state index is 0.324. The summed E-state index contributed by atoms with van der Waals surface area (Å²) in [6.45, 7) is -0.324. The van der Waals surface area contributed by atoms with Crippen LogP contribution in [0.5, 0.6) is 0 Å². The molecule has 1 aliphatic rings. The second kappa shape index (κ2) is 2.04. The van der Waals surface area contributed by atoms with Crippen LogP contribution in [-0.2, 0) is 9.30 Å². The van der Waals surface area contributed by atoms with E-state index in [9.17, 15) is 4.57 Å². The van der Waals surface area contributed by atoms with Crippen LogP contribution in [0.2, 0.25) is 0 Å². The van der Waals surface area contributed by atoms with Crippen molar-refractivity contribution in [1.29, 1.82) is 0 Å². The van der Waals surface area contributed by atoms with Crippen LogP contribution in [0.3, 0.4) is 0 Å². The zero-order valence-electron chi connectivity index (χ0n) is 4.47. The second-order valence-electron chi connectivity index (χ2n) is 1.84. The first-order chi connectivity index (χ1) is 4.05. The minimum atomic E-state index is -4.08. The quantitative estimate of drug-likeness (QED) is 0.346. The van der Waals surface area contributed by atoms with E-state index in [0.29, 0.717) is 0 Å². The molecule has 0 aromatic rings. The highest BCUT2D eigenvalue weighted by Crippen LogP contribution is 2.52. The third-order valence-electron chi connectivity index (χ3n) is 1.07. The molecule has 3 N–H and O–H groups in total. The molecule has 54 valence electrons. The zero-order chi connectivity index (χ0) is 7.07. The maximum Gasteiger partial charge on any atom is 0.356 e. The average molecular weight is 154 g/mol. The van der Waals surface area contributed by atoms with E-state index in [4.69, 9.17) is 14.9 Å². The van der Waals surface area contributed by atoms with Crippen LogP contribution >= 0.6 is 7.60 Å². The Morgan fingerprint density at radius 3 is 2.22 bits per heavy atom. The fourth-order valence-electron chi connectivity index (χ4n) is 0.563. The molecule has 9 heavy (non-hydrogen) atoms. The molecule has 1 rings (SSSR count). The fraction of sp³-hybridized carbons (Fsp3) is 1.00. The highest BCUT2D eigenvalue weighted by molar-refractivity contribution is 7.52. The summed E-state index contributed by atoms with van der Waals surface area (Å²) < 4.78 is 14.6. The molecule has 0 amide bonds. The first-order valence-electron chi connectivity index (χ1n) is 2.37. The summed E-state index contributed by atoms with van der Waals surface area (Å²) in [6.07, 6.45) is -0.647. The molecule has 5 nitrogen and oxygen atoms in total. The fourth-order valence-corrected chi connectivity index (χ4v) is 1.41. The van der Waals surface area contributed by atoms with Gasteiger partial charge in [-0.15, -0.1) is 0 Å². The van der Waals surface area contributed by atoms with Crippen molar-refractivity contribution in [3.05, 3.63) is 0 Å². The third kappa shape index (κ3) is 1.50. The van der Waals surface area contributed by atoms with Gasteiger partial charge in [0.15, 0.2) is 5.85 Å². The molecule has 0 unspecified atom stereocenters. The number of hydrogen-bond donors (Lipinski definition) is 3. The lowest BCUT2D eigenvalue weighted by Crippen LogP contribution is -1.98. The zero-order valence-corrected chi connectivity index (χ0v) is 5.36. The molecule has 2 atom stereocenters. The van der Waals surface area contributed by atoms with E-state index in [-0.39, 0.29) is 6.61 Å². The Bertz CT molecular complexity index is 150. The highest BCUT2D eigenvalue weighted by atomic mass is 31.2. The van der Waals surface area contributed by atoms with Crippen molar-refractivity contribution >= 4 is 7.60 Å². The van der Waals surface area contributed by atoms with Gasteiger partial charge in [0, 0.05) is 0 Å². The van der Waals surface area contributed by atoms with Gasteiger partial charge in [-0.1, -0.05) is 0 Å². The lowest BCUT2D eigenvalue weighted by atomic mass is 10.5. The van der Waals surface area contributed by atoms with Gasteiger partial charge in [0.1, 0.15) is 6.10 Å². The number of aliphatic hydroxyl groups is 1. The van der Waals surface area contributed by atoms with Gasteiger partial charge in [0.25, 0.3) is 0 Å².